The molecule has 172 valence electrons. The van der Waals surface area contributed by atoms with Crippen LogP contribution in [0.4, 0.5) is 10.5 Å². The predicted octanol–water partition coefficient (Wildman–Crippen LogP) is 2.00. The molecule has 0 aromatic heterocycles. The highest BCUT2D eigenvalue weighted by molar-refractivity contribution is 6.05. The van der Waals surface area contributed by atoms with Crippen LogP contribution in [0.3, 0.4) is 0 Å². The number of amides is 5. The molecule has 2 aromatic rings. The fourth-order valence-electron chi connectivity index (χ4n) is 4.03. The van der Waals surface area contributed by atoms with Gasteiger partial charge in [0.2, 0.25) is 11.8 Å². The van der Waals surface area contributed by atoms with Crippen molar-refractivity contribution in [3.63, 3.8) is 0 Å². The van der Waals surface area contributed by atoms with Crippen molar-refractivity contribution in [2.24, 2.45) is 0 Å². The van der Waals surface area contributed by atoms with Crippen molar-refractivity contribution in [2.75, 3.05) is 5.32 Å². The van der Waals surface area contributed by atoms with Crippen LogP contribution in [-0.4, -0.2) is 39.8 Å². The van der Waals surface area contributed by atoms with Gasteiger partial charge in [0.25, 0.3) is 5.91 Å². The number of hydrogen-bond donors (Lipinski definition) is 4. The Morgan fingerprint density at radius 3 is 2.55 bits per heavy atom. The van der Waals surface area contributed by atoms with Gasteiger partial charge in [0.05, 0.1) is 5.60 Å². The zero-order chi connectivity index (χ0) is 23.8. The molecule has 1 saturated heterocycles. The molecule has 1 fully saturated rings. The van der Waals surface area contributed by atoms with Crippen molar-refractivity contribution < 1.29 is 24.3 Å². The highest BCUT2D eigenvalue weighted by Crippen LogP contribution is 2.28. The van der Waals surface area contributed by atoms with Crippen molar-refractivity contribution in [3.8, 4) is 0 Å². The summed E-state index contributed by atoms with van der Waals surface area (Å²) >= 11 is 0. The molecule has 0 saturated carbocycles. The lowest BCUT2D eigenvalue weighted by Gasteiger charge is -2.29. The van der Waals surface area contributed by atoms with Crippen LogP contribution in [-0.2, 0) is 28.3 Å². The predicted molar refractivity (Wildman–Crippen MR) is 120 cm³/mol. The number of fused-ring (bicyclic) bond motifs is 1. The summed E-state index contributed by atoms with van der Waals surface area (Å²) in [7, 11) is 0. The molecular formula is C24H26N4O5. The number of hydrogen-bond acceptors (Lipinski definition) is 5. The van der Waals surface area contributed by atoms with E-state index in [1.54, 1.807) is 44.2 Å². The topological polar surface area (TPSA) is 128 Å². The van der Waals surface area contributed by atoms with Crippen LogP contribution >= 0.6 is 0 Å². The van der Waals surface area contributed by atoms with Gasteiger partial charge in [-0.25, -0.2) is 4.79 Å². The number of benzene rings is 2. The zero-order valence-corrected chi connectivity index (χ0v) is 18.5. The Morgan fingerprint density at radius 2 is 1.88 bits per heavy atom. The minimum absolute atomic E-state index is 0.210. The SMILES string of the molecule is CC(C)(O)c1ccc(NC(=O)NCc2ccc3c(c2)C(=O)N(C2CCC(=O)NC2=O)C3)cc1. The lowest BCUT2D eigenvalue weighted by atomic mass is 9.98. The summed E-state index contributed by atoms with van der Waals surface area (Å²) in [5.41, 5.74) is 2.43. The van der Waals surface area contributed by atoms with Crippen LogP contribution in [0.15, 0.2) is 42.5 Å². The van der Waals surface area contributed by atoms with E-state index in [0.717, 1.165) is 16.7 Å². The third kappa shape index (κ3) is 4.88. The van der Waals surface area contributed by atoms with E-state index in [1.165, 1.54) is 4.90 Å². The summed E-state index contributed by atoms with van der Waals surface area (Å²) in [6.45, 7) is 3.91. The number of nitrogens with zero attached hydrogens (tertiary/aromatic N) is 1. The lowest BCUT2D eigenvalue weighted by molar-refractivity contribution is -0.136. The molecule has 0 aliphatic carbocycles. The lowest BCUT2D eigenvalue weighted by Crippen LogP contribution is -2.52. The van der Waals surface area contributed by atoms with Crippen LogP contribution in [0.5, 0.6) is 0 Å². The Hall–Kier alpha value is -3.72. The van der Waals surface area contributed by atoms with E-state index in [9.17, 15) is 24.3 Å². The minimum atomic E-state index is -0.959. The Kier molecular flexibility index (Phi) is 5.90. The van der Waals surface area contributed by atoms with Crippen LogP contribution < -0.4 is 16.0 Å². The first kappa shape index (κ1) is 22.5. The molecule has 4 N–H and O–H groups in total. The van der Waals surface area contributed by atoms with Crippen LogP contribution in [0.25, 0.3) is 0 Å². The van der Waals surface area contributed by atoms with Crippen LogP contribution in [0.1, 0.15) is 53.7 Å². The van der Waals surface area contributed by atoms with Gasteiger partial charge in [-0.1, -0.05) is 24.3 Å². The molecule has 5 amide bonds. The first-order chi connectivity index (χ1) is 15.6. The van der Waals surface area contributed by atoms with E-state index in [1.807, 2.05) is 12.1 Å². The van der Waals surface area contributed by atoms with Gasteiger partial charge in [0.1, 0.15) is 6.04 Å². The van der Waals surface area contributed by atoms with Gasteiger partial charge in [0.15, 0.2) is 0 Å². The van der Waals surface area contributed by atoms with Crippen molar-refractivity contribution >= 4 is 29.4 Å². The second kappa shape index (κ2) is 8.67. The van der Waals surface area contributed by atoms with Crippen molar-refractivity contribution in [1.82, 2.24) is 15.5 Å². The smallest absolute Gasteiger partial charge is 0.319 e. The maximum absolute atomic E-state index is 12.9. The summed E-state index contributed by atoms with van der Waals surface area (Å²) < 4.78 is 0. The minimum Gasteiger partial charge on any atom is -0.386 e. The third-order valence-corrected chi connectivity index (χ3v) is 5.89. The number of urea groups is 1. The highest BCUT2D eigenvalue weighted by Gasteiger charge is 2.39. The number of rotatable bonds is 5. The van der Waals surface area contributed by atoms with Crippen molar-refractivity contribution in [1.29, 1.82) is 0 Å². The number of nitrogens with one attached hydrogen (secondary N) is 3. The normalized spacial score (nSPS) is 18.1. The molecule has 4 rings (SSSR count). The fourth-order valence-corrected chi connectivity index (χ4v) is 4.03. The quantitative estimate of drug-likeness (QED) is 0.518. The maximum Gasteiger partial charge on any atom is 0.319 e. The van der Waals surface area contributed by atoms with Gasteiger partial charge in [-0.2, -0.15) is 0 Å². The summed E-state index contributed by atoms with van der Waals surface area (Å²) in [5, 5.41) is 17.8. The van der Waals surface area contributed by atoms with E-state index < -0.39 is 23.6 Å². The fraction of sp³-hybridized carbons (Fsp3) is 0.333. The van der Waals surface area contributed by atoms with Gasteiger partial charge in [0, 0.05) is 30.8 Å². The molecule has 1 unspecified atom stereocenters. The Morgan fingerprint density at radius 1 is 1.15 bits per heavy atom. The summed E-state index contributed by atoms with van der Waals surface area (Å²) in [5.74, 6) is -1.01. The molecule has 0 radical (unpaired) electrons. The first-order valence-corrected chi connectivity index (χ1v) is 10.8. The number of carbonyl (C=O) groups excluding carboxylic acids is 4. The monoisotopic (exact) mass is 450 g/mol. The Bertz CT molecular complexity index is 1120. The number of imide groups is 1. The van der Waals surface area contributed by atoms with Gasteiger partial charge in [-0.3, -0.25) is 19.7 Å². The van der Waals surface area contributed by atoms with Gasteiger partial charge in [-0.05, 0) is 55.2 Å². The van der Waals surface area contributed by atoms with E-state index in [-0.39, 0.29) is 24.8 Å². The van der Waals surface area contributed by atoms with Gasteiger partial charge in [-0.15, -0.1) is 0 Å². The molecule has 1 atom stereocenters. The second-order valence-electron chi connectivity index (χ2n) is 8.84. The molecular weight excluding hydrogens is 424 g/mol. The molecule has 2 aliphatic heterocycles. The molecule has 0 spiro atoms. The van der Waals surface area contributed by atoms with Crippen LogP contribution in [0.2, 0.25) is 0 Å². The third-order valence-electron chi connectivity index (χ3n) is 5.89. The molecule has 2 aliphatic rings. The Balaban J connectivity index is 1.35. The summed E-state index contributed by atoms with van der Waals surface area (Å²) in [6.07, 6.45) is 0.525. The van der Waals surface area contributed by atoms with Gasteiger partial charge >= 0.3 is 6.03 Å². The number of carbonyl (C=O) groups is 4. The highest BCUT2D eigenvalue weighted by atomic mass is 16.3. The van der Waals surface area contributed by atoms with Crippen molar-refractivity contribution in [2.45, 2.75) is 51.4 Å². The average Bonchev–Trinajstić information content (AvgIpc) is 3.08. The molecule has 2 aromatic carbocycles. The maximum atomic E-state index is 12.9. The van der Waals surface area contributed by atoms with E-state index >= 15 is 0 Å². The van der Waals surface area contributed by atoms with Crippen LogP contribution in [0, 0.1) is 0 Å². The number of anilines is 1. The van der Waals surface area contributed by atoms with E-state index in [4.69, 9.17) is 0 Å². The molecule has 9 heteroatoms. The molecule has 2 heterocycles. The summed E-state index contributed by atoms with van der Waals surface area (Å²) in [4.78, 5) is 50.2. The molecule has 0 bridgehead atoms. The number of piperidine rings is 1. The van der Waals surface area contributed by atoms with Gasteiger partial charge < -0.3 is 20.6 Å². The zero-order valence-electron chi connectivity index (χ0n) is 18.5. The molecule has 33 heavy (non-hydrogen) atoms. The largest absolute Gasteiger partial charge is 0.386 e. The summed E-state index contributed by atoms with van der Waals surface area (Å²) in [6, 6.07) is 11.2. The molecule has 9 nitrogen and oxygen atoms in total. The van der Waals surface area contributed by atoms with E-state index in [2.05, 4.69) is 16.0 Å². The standard InChI is InChI=1S/C24H26N4O5/c1-24(2,33)16-5-7-17(8-6-16)26-23(32)25-12-14-3-4-15-13-28(22(31)18(15)11-14)19-9-10-20(29)27-21(19)30/h3-8,11,19,33H,9-10,12-13H2,1-2H3,(H2,25,26,32)(H,27,29,30). The second-order valence-corrected chi connectivity index (χ2v) is 8.84. The average molecular weight is 450 g/mol. The first-order valence-electron chi connectivity index (χ1n) is 10.8. The van der Waals surface area contributed by atoms with E-state index in [0.29, 0.717) is 24.2 Å². The Labute approximate surface area is 191 Å². The van der Waals surface area contributed by atoms with Crippen molar-refractivity contribution in [3.05, 3.63) is 64.7 Å². The number of aliphatic hydroxyl groups is 1.